The predicted octanol–water partition coefficient (Wildman–Crippen LogP) is 3.17. The molecule has 0 unspecified atom stereocenters. The van der Waals surface area contributed by atoms with Crippen molar-refractivity contribution in [1.29, 1.82) is 0 Å². The van der Waals surface area contributed by atoms with Gasteiger partial charge in [-0.3, -0.25) is 0 Å². The molecule has 0 amide bonds. The topological polar surface area (TPSA) is 24.1 Å². The molecule has 0 aliphatic carbocycles. The fourth-order valence-electron chi connectivity index (χ4n) is 1.41. The van der Waals surface area contributed by atoms with Crippen molar-refractivity contribution in [2.24, 2.45) is 0 Å². The van der Waals surface area contributed by atoms with Crippen LogP contribution in [-0.2, 0) is 0 Å². The first-order valence-electron chi connectivity index (χ1n) is 6.34. The Bertz CT molecular complexity index is 163. The van der Waals surface area contributed by atoms with E-state index in [2.05, 4.69) is 17.6 Å². The van der Waals surface area contributed by atoms with Crippen molar-refractivity contribution < 1.29 is 0 Å². The minimum absolute atomic E-state index is 0.750. The summed E-state index contributed by atoms with van der Waals surface area (Å²) in [5, 5.41) is 6.81. The van der Waals surface area contributed by atoms with Crippen molar-refractivity contribution >= 4 is 29.1 Å². The third kappa shape index (κ3) is 12.1. The molecule has 0 aliphatic rings. The van der Waals surface area contributed by atoms with Gasteiger partial charge < -0.3 is 10.6 Å². The van der Waals surface area contributed by atoms with Gasteiger partial charge in [-0.25, -0.2) is 0 Å². The lowest BCUT2D eigenvalue weighted by molar-refractivity contribution is 0.627. The average molecular weight is 262 g/mol. The minimum Gasteiger partial charge on any atom is -0.366 e. The number of rotatable bonds is 10. The molecule has 0 aromatic heterocycles. The lowest BCUT2D eigenvalue weighted by atomic mass is 10.1. The molecule has 0 radical (unpaired) electrons. The van der Waals surface area contributed by atoms with Crippen molar-refractivity contribution in [1.82, 2.24) is 10.6 Å². The number of thiocarbonyl (C=S) groups is 1. The van der Waals surface area contributed by atoms with Crippen LogP contribution in [0.1, 0.15) is 45.4 Å². The maximum Gasteiger partial charge on any atom is 0.166 e. The molecule has 0 heterocycles. The van der Waals surface area contributed by atoms with Gasteiger partial charge in [-0.1, -0.05) is 39.0 Å². The van der Waals surface area contributed by atoms with E-state index in [0.29, 0.717) is 0 Å². The molecule has 2 nitrogen and oxygen atoms in total. The fraction of sp³-hybridized carbons (Fsp3) is 0.917. The van der Waals surface area contributed by atoms with E-state index in [9.17, 15) is 0 Å². The zero-order valence-corrected chi connectivity index (χ0v) is 12.3. The van der Waals surface area contributed by atoms with Gasteiger partial charge in [-0.2, -0.15) is 11.8 Å². The summed E-state index contributed by atoms with van der Waals surface area (Å²) in [4.78, 5) is 0. The highest BCUT2D eigenvalue weighted by Gasteiger charge is 1.93. The molecular weight excluding hydrogens is 236 g/mol. The molecule has 16 heavy (non-hydrogen) atoms. The Balaban J connectivity index is 2.96. The molecule has 2 N–H and O–H groups in total. The van der Waals surface area contributed by atoms with Crippen molar-refractivity contribution in [3.05, 3.63) is 0 Å². The first kappa shape index (κ1) is 16.0. The standard InChI is InChI=1S/C12H26N2S2/c1-3-4-5-6-7-8-10-16-11-9-14-12(15)13-2/h3-11H2,1-2H3,(H2,13,14,15). The molecule has 0 rings (SSSR count). The highest BCUT2D eigenvalue weighted by Crippen LogP contribution is 2.09. The Morgan fingerprint density at radius 3 is 2.44 bits per heavy atom. The van der Waals surface area contributed by atoms with Gasteiger partial charge in [0.15, 0.2) is 5.11 Å². The van der Waals surface area contributed by atoms with Crippen LogP contribution < -0.4 is 10.6 Å². The van der Waals surface area contributed by atoms with Gasteiger partial charge in [0.25, 0.3) is 0 Å². The molecule has 96 valence electrons. The number of nitrogens with one attached hydrogen (secondary N) is 2. The molecule has 4 heteroatoms. The van der Waals surface area contributed by atoms with Crippen molar-refractivity contribution in [3.63, 3.8) is 0 Å². The number of hydrogen-bond donors (Lipinski definition) is 2. The smallest absolute Gasteiger partial charge is 0.166 e. The predicted molar refractivity (Wildman–Crippen MR) is 80.4 cm³/mol. The van der Waals surface area contributed by atoms with Crippen LogP contribution in [0.25, 0.3) is 0 Å². The monoisotopic (exact) mass is 262 g/mol. The Labute approximate surface area is 110 Å². The molecular formula is C12H26N2S2. The summed E-state index contributed by atoms with van der Waals surface area (Å²) >= 11 is 7.00. The molecule has 0 fully saturated rings. The van der Waals surface area contributed by atoms with Gasteiger partial charge in [0.1, 0.15) is 0 Å². The van der Waals surface area contributed by atoms with Gasteiger partial charge in [0.2, 0.25) is 0 Å². The van der Waals surface area contributed by atoms with E-state index < -0.39 is 0 Å². The molecule has 0 saturated heterocycles. The van der Waals surface area contributed by atoms with Gasteiger partial charge >= 0.3 is 0 Å². The summed E-state index contributed by atoms with van der Waals surface area (Å²) in [6.45, 7) is 3.23. The second-order valence-electron chi connectivity index (χ2n) is 3.89. The first-order valence-corrected chi connectivity index (χ1v) is 7.91. The van der Waals surface area contributed by atoms with Crippen LogP contribution in [0.2, 0.25) is 0 Å². The van der Waals surface area contributed by atoms with E-state index in [-0.39, 0.29) is 0 Å². The second kappa shape index (κ2) is 13.1. The van der Waals surface area contributed by atoms with Crippen molar-refractivity contribution in [2.75, 3.05) is 25.1 Å². The summed E-state index contributed by atoms with van der Waals surface area (Å²) in [5.74, 6) is 2.44. The third-order valence-corrected chi connectivity index (χ3v) is 3.82. The fourth-order valence-corrected chi connectivity index (χ4v) is 2.37. The van der Waals surface area contributed by atoms with Crippen LogP contribution in [0.4, 0.5) is 0 Å². The van der Waals surface area contributed by atoms with E-state index in [1.807, 2.05) is 18.8 Å². The summed E-state index contributed by atoms with van der Waals surface area (Å²) in [7, 11) is 1.85. The van der Waals surface area contributed by atoms with Crippen molar-refractivity contribution in [2.45, 2.75) is 45.4 Å². The largest absolute Gasteiger partial charge is 0.366 e. The average Bonchev–Trinajstić information content (AvgIpc) is 2.31. The lowest BCUT2D eigenvalue weighted by Crippen LogP contribution is -2.33. The summed E-state index contributed by atoms with van der Waals surface area (Å²) < 4.78 is 0. The molecule has 0 spiro atoms. The number of hydrogen-bond acceptors (Lipinski definition) is 2. The quantitative estimate of drug-likeness (QED) is 0.466. The molecule has 0 atom stereocenters. The van der Waals surface area contributed by atoms with E-state index >= 15 is 0 Å². The normalized spacial score (nSPS) is 10.1. The van der Waals surface area contributed by atoms with Crippen LogP contribution in [0, 0.1) is 0 Å². The minimum atomic E-state index is 0.750. The number of thioether (sulfide) groups is 1. The SMILES string of the molecule is CCCCCCCCSCCNC(=S)NC. The van der Waals surface area contributed by atoms with Gasteiger partial charge in [-0.15, -0.1) is 0 Å². The van der Waals surface area contributed by atoms with Crippen molar-refractivity contribution in [3.8, 4) is 0 Å². The van der Waals surface area contributed by atoms with E-state index in [4.69, 9.17) is 12.2 Å². The van der Waals surface area contributed by atoms with Crippen LogP contribution in [0.15, 0.2) is 0 Å². The molecule has 0 saturated carbocycles. The zero-order valence-electron chi connectivity index (χ0n) is 10.7. The lowest BCUT2D eigenvalue weighted by Gasteiger charge is -2.06. The molecule has 0 aliphatic heterocycles. The van der Waals surface area contributed by atoms with E-state index in [0.717, 1.165) is 17.4 Å². The third-order valence-electron chi connectivity index (χ3n) is 2.40. The van der Waals surface area contributed by atoms with Gasteiger partial charge in [0.05, 0.1) is 0 Å². The maximum absolute atomic E-state index is 4.98. The Kier molecular flexibility index (Phi) is 13.1. The van der Waals surface area contributed by atoms with Crippen LogP contribution in [0.5, 0.6) is 0 Å². The van der Waals surface area contributed by atoms with Crippen LogP contribution >= 0.6 is 24.0 Å². The highest BCUT2D eigenvalue weighted by molar-refractivity contribution is 7.99. The summed E-state index contributed by atoms with van der Waals surface area (Å²) in [6.07, 6.45) is 8.33. The Morgan fingerprint density at radius 2 is 1.75 bits per heavy atom. The van der Waals surface area contributed by atoms with E-state index in [1.54, 1.807) is 0 Å². The molecule has 0 bridgehead atoms. The Hall–Kier alpha value is 0.0400. The summed E-state index contributed by atoms with van der Waals surface area (Å²) in [5.41, 5.74) is 0. The Morgan fingerprint density at radius 1 is 1.06 bits per heavy atom. The van der Waals surface area contributed by atoms with E-state index in [1.165, 1.54) is 44.3 Å². The number of unbranched alkanes of at least 4 members (excludes halogenated alkanes) is 5. The molecule has 0 aromatic carbocycles. The first-order chi connectivity index (χ1) is 7.81. The van der Waals surface area contributed by atoms with Gasteiger partial charge in [-0.05, 0) is 24.4 Å². The maximum atomic E-state index is 4.98. The van der Waals surface area contributed by atoms with Crippen LogP contribution in [-0.4, -0.2) is 30.2 Å². The van der Waals surface area contributed by atoms with Gasteiger partial charge in [0, 0.05) is 19.3 Å². The van der Waals surface area contributed by atoms with Crippen LogP contribution in [0.3, 0.4) is 0 Å². The molecule has 0 aromatic rings. The highest BCUT2D eigenvalue weighted by atomic mass is 32.2. The summed E-state index contributed by atoms with van der Waals surface area (Å²) in [6, 6.07) is 0. The zero-order chi connectivity index (χ0) is 12.1. The second-order valence-corrected chi connectivity index (χ2v) is 5.52.